The van der Waals surface area contributed by atoms with Crippen LogP contribution in [0.4, 0.5) is 0 Å². The molecule has 4 aromatic rings. The van der Waals surface area contributed by atoms with E-state index in [0.717, 1.165) is 22.3 Å². The molecule has 0 spiro atoms. The van der Waals surface area contributed by atoms with Crippen molar-refractivity contribution >= 4 is 22.3 Å². The van der Waals surface area contributed by atoms with Gasteiger partial charge in [0.05, 0.1) is 17.5 Å². The monoisotopic (exact) mass is 506 g/mol. The van der Waals surface area contributed by atoms with Crippen LogP contribution in [0, 0.1) is 13.5 Å². The summed E-state index contributed by atoms with van der Waals surface area (Å²) in [7, 11) is 0. The molecule has 0 fully saturated rings. The third-order valence-corrected chi connectivity index (χ3v) is 2.53. The van der Waals surface area contributed by atoms with E-state index in [1.807, 2.05) is 6.07 Å². The van der Waals surface area contributed by atoms with Gasteiger partial charge in [-0.25, -0.2) is 9.03 Å². The smallest absolute Gasteiger partial charge is 0.142 e. The maximum absolute atomic E-state index is 4.30. The summed E-state index contributed by atoms with van der Waals surface area (Å²) in [5.74, 6) is 0. The predicted molar refractivity (Wildman–Crippen MR) is 62.3 cm³/mol. The molecule has 0 N–H and O–H groups in total. The Balaban J connectivity index is 0.000000602. The largest absolute Gasteiger partial charge is 0.358 e. The topological polar surface area (TPSA) is 60.4 Å². The zero-order valence-corrected chi connectivity index (χ0v) is 15.2. The quantitative estimate of drug-likeness (QED) is 0.337. The standard InChI is InChI=1S/C10H5N6.CH3.Ir.Y/c1-2-7-9(11-4-1)15-8(3-5-13-15)16-10(7)12-6-14-16;;;/h1,3-6H;1H3;;/q2*-1;;. The Morgan fingerprint density at radius 3 is 2.58 bits per heavy atom. The van der Waals surface area contributed by atoms with E-state index in [2.05, 4.69) is 26.2 Å². The molecule has 0 saturated heterocycles. The maximum atomic E-state index is 4.30. The van der Waals surface area contributed by atoms with Gasteiger partial charge in [-0.2, -0.15) is 10.2 Å². The molecule has 0 saturated carbocycles. The molecule has 0 aliphatic carbocycles. The van der Waals surface area contributed by atoms with E-state index in [-0.39, 0.29) is 60.2 Å². The molecule has 6 nitrogen and oxygen atoms in total. The van der Waals surface area contributed by atoms with Crippen molar-refractivity contribution in [3.05, 3.63) is 44.3 Å². The van der Waals surface area contributed by atoms with Crippen molar-refractivity contribution < 1.29 is 52.8 Å². The summed E-state index contributed by atoms with van der Waals surface area (Å²) >= 11 is 0. The first-order valence-electron chi connectivity index (χ1n) is 4.77. The van der Waals surface area contributed by atoms with Gasteiger partial charge < -0.3 is 12.4 Å². The van der Waals surface area contributed by atoms with E-state index in [4.69, 9.17) is 0 Å². The Morgan fingerprint density at radius 1 is 1.00 bits per heavy atom. The van der Waals surface area contributed by atoms with Crippen molar-refractivity contribution in [2.75, 3.05) is 0 Å². The fraction of sp³-hybridized carbons (Fsp3) is 0. The van der Waals surface area contributed by atoms with Gasteiger partial charge in [0.1, 0.15) is 12.0 Å². The van der Waals surface area contributed by atoms with Crippen LogP contribution in [0.2, 0.25) is 0 Å². The fourth-order valence-electron chi connectivity index (χ4n) is 1.88. The van der Waals surface area contributed by atoms with E-state index in [0.29, 0.717) is 0 Å². The Morgan fingerprint density at radius 2 is 1.74 bits per heavy atom. The average molecular weight is 505 g/mol. The van der Waals surface area contributed by atoms with Gasteiger partial charge in [-0.3, -0.25) is 4.98 Å². The molecule has 4 heterocycles. The second-order valence-corrected chi connectivity index (χ2v) is 3.38. The van der Waals surface area contributed by atoms with Crippen LogP contribution in [0.25, 0.3) is 22.3 Å². The zero-order chi connectivity index (χ0) is 10.5. The Kier molecular flexibility index (Phi) is 5.27. The van der Waals surface area contributed by atoms with Gasteiger partial charge in [0, 0.05) is 58.9 Å². The first-order valence-corrected chi connectivity index (χ1v) is 4.77. The van der Waals surface area contributed by atoms with Crippen molar-refractivity contribution in [1.82, 2.24) is 29.2 Å². The number of fused-ring (bicyclic) bond motifs is 6. The van der Waals surface area contributed by atoms with Gasteiger partial charge in [-0.05, 0) is 0 Å². The van der Waals surface area contributed by atoms with Crippen LogP contribution >= 0.6 is 0 Å². The summed E-state index contributed by atoms with van der Waals surface area (Å²) < 4.78 is 3.46. The number of nitrogens with zero attached hydrogens (tertiary/aromatic N) is 6. The molecule has 0 unspecified atom stereocenters. The minimum Gasteiger partial charge on any atom is -0.358 e. The SMILES string of the molecule is [CH3-].[Ir].[Y].[c-]1ccnc2c1c1ncnn1c1ccnn21. The van der Waals surface area contributed by atoms with E-state index >= 15 is 0 Å². The van der Waals surface area contributed by atoms with Crippen LogP contribution in [-0.2, 0) is 52.8 Å². The molecule has 0 amide bonds. The van der Waals surface area contributed by atoms with Crippen LogP contribution in [0.3, 0.4) is 0 Å². The first kappa shape index (κ1) is 16.3. The van der Waals surface area contributed by atoms with Crippen LogP contribution < -0.4 is 0 Å². The molecule has 8 heteroatoms. The van der Waals surface area contributed by atoms with E-state index in [1.54, 1.807) is 27.5 Å². The molecule has 96 valence electrons. The van der Waals surface area contributed by atoms with E-state index in [9.17, 15) is 0 Å². The van der Waals surface area contributed by atoms with Gasteiger partial charge in [0.25, 0.3) is 0 Å². The molecule has 4 aromatic heterocycles. The van der Waals surface area contributed by atoms with Crippen LogP contribution in [0.15, 0.2) is 30.9 Å². The van der Waals surface area contributed by atoms with Gasteiger partial charge in [-0.1, -0.05) is 11.6 Å². The second-order valence-electron chi connectivity index (χ2n) is 3.38. The summed E-state index contributed by atoms with van der Waals surface area (Å²) in [6.07, 6.45) is 4.92. The molecule has 0 aliphatic heterocycles. The number of pyridine rings is 1. The Hall–Kier alpha value is -0.747. The molecule has 2 radical (unpaired) electrons. The second kappa shape index (κ2) is 6.14. The van der Waals surface area contributed by atoms with Crippen molar-refractivity contribution in [2.45, 2.75) is 0 Å². The van der Waals surface area contributed by atoms with E-state index in [1.165, 1.54) is 6.33 Å². The molecule has 4 rings (SSSR count). The number of hydrogen-bond acceptors (Lipinski definition) is 4. The van der Waals surface area contributed by atoms with Crippen LogP contribution in [-0.4, -0.2) is 29.2 Å². The summed E-state index contributed by atoms with van der Waals surface area (Å²) in [5, 5.41) is 9.20. The minimum absolute atomic E-state index is 0. The molecular weight excluding hydrogens is 497 g/mol. The van der Waals surface area contributed by atoms with Crippen LogP contribution in [0.1, 0.15) is 0 Å². The fourth-order valence-corrected chi connectivity index (χ4v) is 1.88. The number of hydrogen-bond donors (Lipinski definition) is 0. The van der Waals surface area contributed by atoms with Crippen molar-refractivity contribution in [3.8, 4) is 0 Å². The van der Waals surface area contributed by atoms with E-state index < -0.39 is 0 Å². The molecule has 0 aromatic carbocycles. The first-order chi connectivity index (χ1) is 7.95. The van der Waals surface area contributed by atoms with Gasteiger partial charge in [0.2, 0.25) is 0 Å². The third-order valence-electron chi connectivity index (χ3n) is 2.53. The molecular formula is C11H8IrN6Y-2. The van der Waals surface area contributed by atoms with Crippen molar-refractivity contribution in [1.29, 1.82) is 0 Å². The van der Waals surface area contributed by atoms with Crippen LogP contribution in [0.5, 0.6) is 0 Å². The number of aromatic nitrogens is 6. The maximum Gasteiger partial charge on any atom is 0.142 e. The predicted octanol–water partition coefficient (Wildman–Crippen LogP) is 1.17. The third kappa shape index (κ3) is 2.25. The summed E-state index contributed by atoms with van der Waals surface area (Å²) in [6.45, 7) is 0. The molecule has 19 heavy (non-hydrogen) atoms. The Bertz CT molecular complexity index is 755. The summed E-state index contributed by atoms with van der Waals surface area (Å²) in [6, 6.07) is 6.74. The van der Waals surface area contributed by atoms with Gasteiger partial charge >= 0.3 is 0 Å². The van der Waals surface area contributed by atoms with Crippen molar-refractivity contribution in [2.24, 2.45) is 0 Å². The number of rotatable bonds is 0. The molecule has 0 atom stereocenters. The zero-order valence-electron chi connectivity index (χ0n) is 9.98. The molecule has 0 bridgehead atoms. The molecule has 0 aliphatic rings. The Labute approximate surface area is 147 Å². The summed E-state index contributed by atoms with van der Waals surface area (Å²) in [5.41, 5.74) is 2.33. The summed E-state index contributed by atoms with van der Waals surface area (Å²) in [4.78, 5) is 8.52. The average Bonchev–Trinajstić information content (AvgIpc) is 2.98. The van der Waals surface area contributed by atoms with Crippen molar-refractivity contribution in [3.63, 3.8) is 0 Å². The normalized spacial score (nSPS) is 9.89. The van der Waals surface area contributed by atoms with Gasteiger partial charge in [0.15, 0.2) is 0 Å². The van der Waals surface area contributed by atoms with Gasteiger partial charge in [-0.15, -0.1) is 12.1 Å². The minimum atomic E-state index is 0.